The van der Waals surface area contributed by atoms with Crippen LogP contribution in [0.3, 0.4) is 0 Å². The minimum absolute atomic E-state index is 0.123. The molecule has 0 amide bonds. The predicted octanol–water partition coefficient (Wildman–Crippen LogP) is 2.72. The van der Waals surface area contributed by atoms with E-state index in [4.69, 9.17) is 0 Å². The van der Waals surface area contributed by atoms with E-state index in [0.29, 0.717) is 5.39 Å². The smallest absolute Gasteiger partial charge is 0.207 e. The number of rotatable bonds is 2. The number of aryl methyl sites for hydroxylation is 1. The summed E-state index contributed by atoms with van der Waals surface area (Å²) in [6, 6.07) is 10.4. The van der Waals surface area contributed by atoms with Crippen LogP contribution in [-0.2, 0) is 10.0 Å². The molecule has 0 bridgehead atoms. The summed E-state index contributed by atoms with van der Waals surface area (Å²) in [6.07, 6.45) is 1.40. The highest BCUT2D eigenvalue weighted by Crippen LogP contribution is 2.21. The van der Waals surface area contributed by atoms with Crippen LogP contribution >= 0.6 is 0 Å². The Morgan fingerprint density at radius 2 is 1.80 bits per heavy atom. The highest BCUT2D eigenvalue weighted by atomic mass is 32.2. The van der Waals surface area contributed by atoms with Crippen LogP contribution in [0.2, 0.25) is 0 Å². The van der Waals surface area contributed by atoms with E-state index >= 15 is 0 Å². The minimum atomic E-state index is -3.82. The second-order valence-electron chi connectivity index (χ2n) is 4.51. The summed E-state index contributed by atoms with van der Waals surface area (Å²) in [6.45, 7) is 1.87. The van der Waals surface area contributed by atoms with Crippen molar-refractivity contribution in [2.24, 2.45) is 0 Å². The molecule has 3 rings (SSSR count). The molecule has 1 aromatic heterocycles. The average Bonchev–Trinajstić information content (AvgIpc) is 2.82. The number of hydrogen-bond donors (Lipinski definition) is 0. The minimum Gasteiger partial charge on any atom is -0.207 e. The van der Waals surface area contributed by atoms with E-state index in [1.54, 1.807) is 12.1 Å². The molecule has 3 aromatic rings. The Bertz CT molecular complexity index is 883. The second kappa shape index (κ2) is 4.42. The van der Waals surface area contributed by atoms with Crippen molar-refractivity contribution in [2.75, 3.05) is 0 Å². The summed E-state index contributed by atoms with van der Waals surface area (Å²) in [5.41, 5.74) is 1.19. The van der Waals surface area contributed by atoms with E-state index in [1.807, 2.05) is 6.92 Å². The summed E-state index contributed by atoms with van der Waals surface area (Å²) >= 11 is 0. The Kier molecular flexibility index (Phi) is 2.83. The third kappa shape index (κ3) is 1.98. The van der Waals surface area contributed by atoms with Crippen molar-refractivity contribution in [2.45, 2.75) is 11.8 Å². The van der Waals surface area contributed by atoms with Gasteiger partial charge in [-0.05, 0) is 31.2 Å². The highest BCUT2D eigenvalue weighted by Gasteiger charge is 2.20. The van der Waals surface area contributed by atoms with Crippen LogP contribution in [0, 0.1) is 12.7 Å². The van der Waals surface area contributed by atoms with E-state index in [-0.39, 0.29) is 10.4 Å². The normalized spacial score (nSPS) is 11.9. The second-order valence-corrected chi connectivity index (χ2v) is 6.28. The quantitative estimate of drug-likeness (QED) is 0.729. The molecule has 102 valence electrons. The van der Waals surface area contributed by atoms with Crippen molar-refractivity contribution >= 4 is 20.9 Å². The van der Waals surface area contributed by atoms with Crippen molar-refractivity contribution in [1.82, 2.24) is 9.19 Å². The Balaban J connectivity index is 2.23. The van der Waals surface area contributed by atoms with Gasteiger partial charge in [0.2, 0.25) is 0 Å². The number of hydrogen-bond acceptors (Lipinski definition) is 3. The Morgan fingerprint density at radius 1 is 1.10 bits per heavy atom. The molecule has 0 fully saturated rings. The first-order valence-corrected chi connectivity index (χ1v) is 7.38. The van der Waals surface area contributed by atoms with Gasteiger partial charge >= 0.3 is 0 Å². The predicted molar refractivity (Wildman–Crippen MR) is 73.5 cm³/mol. The summed E-state index contributed by atoms with van der Waals surface area (Å²) in [4.78, 5) is 0.123. The average molecular weight is 290 g/mol. The summed E-state index contributed by atoms with van der Waals surface area (Å²) < 4.78 is 39.2. The highest BCUT2D eigenvalue weighted by molar-refractivity contribution is 7.90. The lowest BCUT2D eigenvalue weighted by Gasteiger charge is -2.06. The van der Waals surface area contributed by atoms with E-state index in [2.05, 4.69) is 5.10 Å². The molecule has 4 nitrogen and oxygen atoms in total. The lowest BCUT2D eigenvalue weighted by Crippen LogP contribution is -2.14. The summed E-state index contributed by atoms with van der Waals surface area (Å²) in [5.74, 6) is -0.502. The molecule has 0 aliphatic carbocycles. The van der Waals surface area contributed by atoms with Crippen molar-refractivity contribution in [1.29, 1.82) is 0 Å². The lowest BCUT2D eigenvalue weighted by atomic mass is 10.2. The van der Waals surface area contributed by atoms with Gasteiger partial charge in [0.25, 0.3) is 10.0 Å². The fourth-order valence-electron chi connectivity index (χ4n) is 1.97. The molecule has 0 saturated heterocycles. The van der Waals surface area contributed by atoms with Crippen molar-refractivity contribution in [3.05, 3.63) is 60.0 Å². The van der Waals surface area contributed by atoms with Gasteiger partial charge in [0.15, 0.2) is 0 Å². The Labute approximate surface area is 115 Å². The molecule has 0 unspecified atom stereocenters. The monoisotopic (exact) mass is 290 g/mol. The molecule has 2 aromatic carbocycles. The van der Waals surface area contributed by atoms with Crippen LogP contribution in [0.1, 0.15) is 5.56 Å². The molecule has 6 heteroatoms. The summed E-state index contributed by atoms with van der Waals surface area (Å²) in [5, 5.41) is 4.44. The van der Waals surface area contributed by atoms with Gasteiger partial charge in [-0.25, -0.2) is 4.39 Å². The van der Waals surface area contributed by atoms with Crippen LogP contribution in [-0.4, -0.2) is 17.6 Å². The fraction of sp³-hybridized carbons (Fsp3) is 0.0714. The first-order chi connectivity index (χ1) is 9.48. The lowest BCUT2D eigenvalue weighted by molar-refractivity contribution is 0.582. The molecule has 0 spiro atoms. The zero-order valence-corrected chi connectivity index (χ0v) is 11.4. The third-order valence-corrected chi connectivity index (χ3v) is 4.66. The molecule has 0 radical (unpaired) electrons. The zero-order chi connectivity index (χ0) is 14.3. The molecule has 0 atom stereocenters. The maximum atomic E-state index is 13.3. The number of aromatic nitrogens is 2. The Morgan fingerprint density at radius 3 is 2.50 bits per heavy atom. The Hall–Kier alpha value is -2.21. The van der Waals surface area contributed by atoms with Gasteiger partial charge < -0.3 is 0 Å². The first kappa shape index (κ1) is 12.8. The van der Waals surface area contributed by atoms with Gasteiger partial charge in [-0.3, -0.25) is 0 Å². The van der Waals surface area contributed by atoms with Gasteiger partial charge in [0.05, 0.1) is 16.6 Å². The van der Waals surface area contributed by atoms with E-state index in [9.17, 15) is 12.8 Å². The topological polar surface area (TPSA) is 52.0 Å². The van der Waals surface area contributed by atoms with E-state index in [0.717, 1.165) is 15.7 Å². The van der Waals surface area contributed by atoms with Crippen LogP contribution in [0.5, 0.6) is 0 Å². The van der Waals surface area contributed by atoms with Crippen molar-refractivity contribution < 1.29 is 12.8 Å². The fourth-order valence-corrected chi connectivity index (χ4v) is 3.24. The number of nitrogens with zero attached hydrogens (tertiary/aromatic N) is 2. The molecular weight excluding hydrogens is 279 g/mol. The standard InChI is InChI=1S/C14H11FN2O2S/c1-10-2-6-13(7-3-10)20(18,19)17-14-8-12(15)5-4-11(14)9-16-17/h2-9H,1H3. The van der Waals surface area contributed by atoms with Gasteiger partial charge in [-0.15, -0.1) is 0 Å². The van der Waals surface area contributed by atoms with Gasteiger partial charge in [-0.2, -0.15) is 17.6 Å². The largest absolute Gasteiger partial charge is 0.283 e. The van der Waals surface area contributed by atoms with Crippen LogP contribution in [0.4, 0.5) is 4.39 Å². The summed E-state index contributed by atoms with van der Waals surface area (Å²) in [7, 11) is -3.82. The van der Waals surface area contributed by atoms with Crippen LogP contribution in [0.25, 0.3) is 10.9 Å². The van der Waals surface area contributed by atoms with Crippen molar-refractivity contribution in [3.63, 3.8) is 0 Å². The van der Waals surface area contributed by atoms with Crippen LogP contribution in [0.15, 0.2) is 53.6 Å². The molecule has 0 aliphatic heterocycles. The molecular formula is C14H11FN2O2S. The number of benzene rings is 2. The molecule has 20 heavy (non-hydrogen) atoms. The van der Waals surface area contributed by atoms with E-state index in [1.165, 1.54) is 30.5 Å². The van der Waals surface area contributed by atoms with Gasteiger partial charge in [0.1, 0.15) is 5.82 Å². The SMILES string of the molecule is Cc1ccc(S(=O)(=O)n2ncc3ccc(F)cc32)cc1. The first-order valence-electron chi connectivity index (χ1n) is 5.94. The van der Waals surface area contributed by atoms with Gasteiger partial charge in [0, 0.05) is 11.5 Å². The molecule has 0 N–H and O–H groups in total. The molecule has 0 saturated carbocycles. The zero-order valence-electron chi connectivity index (χ0n) is 10.6. The van der Waals surface area contributed by atoms with E-state index < -0.39 is 15.8 Å². The number of fused-ring (bicyclic) bond motifs is 1. The number of halogens is 1. The molecule has 0 aliphatic rings. The maximum Gasteiger partial charge on any atom is 0.283 e. The van der Waals surface area contributed by atoms with Crippen LogP contribution < -0.4 is 0 Å². The van der Waals surface area contributed by atoms with Gasteiger partial charge in [-0.1, -0.05) is 17.7 Å². The molecule has 1 heterocycles. The maximum absolute atomic E-state index is 13.3. The van der Waals surface area contributed by atoms with Crippen molar-refractivity contribution in [3.8, 4) is 0 Å². The third-order valence-electron chi connectivity index (χ3n) is 3.05.